The Balaban J connectivity index is 2.19. The van der Waals surface area contributed by atoms with Gasteiger partial charge in [-0.25, -0.2) is 8.78 Å². The molecule has 1 nitrogen and oxygen atoms in total. The number of hydrogen-bond donors (Lipinski definition) is 0. The minimum Gasteiger partial charge on any atom is -0.457 e. The van der Waals surface area contributed by atoms with Gasteiger partial charge in [-0.05, 0) is 31.2 Å². The van der Waals surface area contributed by atoms with Crippen LogP contribution in [0.15, 0.2) is 42.5 Å². The van der Waals surface area contributed by atoms with Crippen LogP contribution in [0, 0.1) is 12.7 Å². The van der Waals surface area contributed by atoms with Crippen molar-refractivity contribution in [3.63, 3.8) is 0 Å². The third-order valence-corrected chi connectivity index (χ3v) is 2.43. The Labute approximate surface area is 98.7 Å². The van der Waals surface area contributed by atoms with Crippen LogP contribution >= 0.6 is 0 Å². The fourth-order valence-electron chi connectivity index (χ4n) is 1.44. The molecule has 0 fully saturated rings. The summed E-state index contributed by atoms with van der Waals surface area (Å²) in [6.07, 6.45) is 0. The second-order valence-electron chi connectivity index (χ2n) is 3.80. The molecule has 0 N–H and O–H groups in total. The van der Waals surface area contributed by atoms with E-state index >= 15 is 0 Å². The van der Waals surface area contributed by atoms with E-state index in [0.29, 0.717) is 11.5 Å². The van der Waals surface area contributed by atoms with Crippen LogP contribution in [0.25, 0.3) is 0 Å². The maximum Gasteiger partial charge on any atom is 0.132 e. The van der Waals surface area contributed by atoms with Crippen LogP contribution in [0.3, 0.4) is 0 Å². The van der Waals surface area contributed by atoms with E-state index in [0.717, 1.165) is 5.56 Å². The van der Waals surface area contributed by atoms with Crippen LogP contribution in [0.4, 0.5) is 8.78 Å². The highest BCUT2D eigenvalue weighted by molar-refractivity contribution is 5.34. The topological polar surface area (TPSA) is 9.23 Å². The molecule has 0 amide bonds. The Morgan fingerprint density at radius 1 is 1.00 bits per heavy atom. The first-order valence-electron chi connectivity index (χ1n) is 5.28. The van der Waals surface area contributed by atoms with Crippen molar-refractivity contribution in [2.24, 2.45) is 0 Å². The first kappa shape index (κ1) is 11.6. The van der Waals surface area contributed by atoms with Gasteiger partial charge in [-0.15, -0.1) is 0 Å². The van der Waals surface area contributed by atoms with Crippen molar-refractivity contribution >= 4 is 0 Å². The molecule has 17 heavy (non-hydrogen) atoms. The minimum atomic E-state index is -0.809. The van der Waals surface area contributed by atoms with Crippen molar-refractivity contribution in [2.75, 3.05) is 0 Å². The highest BCUT2D eigenvalue weighted by Crippen LogP contribution is 2.24. The van der Waals surface area contributed by atoms with Crippen molar-refractivity contribution < 1.29 is 13.5 Å². The quantitative estimate of drug-likeness (QED) is 0.765. The summed E-state index contributed by atoms with van der Waals surface area (Å²) in [6, 6.07) is 11.5. The van der Waals surface area contributed by atoms with Crippen molar-refractivity contribution in [1.82, 2.24) is 0 Å². The minimum absolute atomic E-state index is 0.0428. The van der Waals surface area contributed by atoms with Crippen molar-refractivity contribution in [3.8, 4) is 11.5 Å². The Hall–Kier alpha value is -1.90. The zero-order valence-corrected chi connectivity index (χ0v) is 9.41. The van der Waals surface area contributed by atoms with Crippen LogP contribution in [0.1, 0.15) is 11.1 Å². The molecule has 2 rings (SSSR count). The normalized spacial score (nSPS) is 10.3. The van der Waals surface area contributed by atoms with Crippen molar-refractivity contribution in [1.29, 1.82) is 0 Å². The molecular formula is C14H12F2O. The largest absolute Gasteiger partial charge is 0.457 e. The molecule has 0 atom stereocenters. The SMILES string of the molecule is Cc1ccc(Oc2ccc(CF)c(F)c2)cc1. The highest BCUT2D eigenvalue weighted by atomic mass is 19.1. The van der Waals surface area contributed by atoms with Gasteiger partial charge in [0.05, 0.1) is 0 Å². The maximum atomic E-state index is 13.3. The molecule has 0 radical (unpaired) electrons. The van der Waals surface area contributed by atoms with Crippen LogP contribution in [0.2, 0.25) is 0 Å². The van der Waals surface area contributed by atoms with Crippen LogP contribution in [0.5, 0.6) is 11.5 Å². The number of rotatable bonds is 3. The van der Waals surface area contributed by atoms with Crippen LogP contribution in [-0.4, -0.2) is 0 Å². The van der Waals surface area contributed by atoms with E-state index in [1.54, 1.807) is 18.2 Å². The number of ether oxygens (including phenoxy) is 1. The van der Waals surface area contributed by atoms with Gasteiger partial charge in [-0.2, -0.15) is 0 Å². The molecule has 0 bridgehead atoms. The van der Waals surface area contributed by atoms with E-state index in [1.807, 2.05) is 19.1 Å². The lowest BCUT2D eigenvalue weighted by atomic mass is 10.2. The lowest BCUT2D eigenvalue weighted by Crippen LogP contribution is -1.89. The predicted octanol–water partition coefficient (Wildman–Crippen LogP) is 4.40. The molecule has 0 aromatic heterocycles. The average molecular weight is 234 g/mol. The monoisotopic (exact) mass is 234 g/mol. The molecular weight excluding hydrogens is 222 g/mol. The van der Waals surface area contributed by atoms with Gasteiger partial charge in [0.2, 0.25) is 0 Å². The summed E-state index contributed by atoms with van der Waals surface area (Å²) >= 11 is 0. The number of halogens is 2. The maximum absolute atomic E-state index is 13.3. The lowest BCUT2D eigenvalue weighted by Gasteiger charge is -2.07. The Bertz CT molecular complexity index is 506. The predicted molar refractivity (Wildman–Crippen MR) is 62.5 cm³/mol. The summed E-state index contributed by atoms with van der Waals surface area (Å²) in [5.41, 5.74) is 1.16. The van der Waals surface area contributed by atoms with Gasteiger partial charge < -0.3 is 4.74 Å². The number of hydrogen-bond acceptors (Lipinski definition) is 1. The van der Waals surface area contributed by atoms with E-state index in [2.05, 4.69) is 0 Å². The van der Waals surface area contributed by atoms with E-state index in [4.69, 9.17) is 4.74 Å². The van der Waals surface area contributed by atoms with E-state index in [9.17, 15) is 8.78 Å². The van der Waals surface area contributed by atoms with Gasteiger partial charge in [-0.3, -0.25) is 0 Å². The molecule has 88 valence electrons. The van der Waals surface area contributed by atoms with E-state index < -0.39 is 12.5 Å². The Morgan fingerprint density at radius 2 is 1.65 bits per heavy atom. The zero-order chi connectivity index (χ0) is 12.3. The van der Waals surface area contributed by atoms with Gasteiger partial charge in [0.1, 0.15) is 24.0 Å². The molecule has 0 aliphatic heterocycles. The number of benzene rings is 2. The first-order valence-corrected chi connectivity index (χ1v) is 5.28. The number of alkyl halides is 1. The summed E-state index contributed by atoms with van der Waals surface area (Å²) in [5, 5.41) is 0. The standard InChI is InChI=1S/C14H12F2O/c1-10-2-5-12(6-3-10)17-13-7-4-11(9-15)14(16)8-13/h2-8H,9H2,1H3. The molecule has 0 aliphatic carbocycles. The molecule has 0 unspecified atom stereocenters. The average Bonchev–Trinajstić information content (AvgIpc) is 2.32. The summed E-state index contributed by atoms with van der Waals surface area (Å²) in [4.78, 5) is 0. The molecule has 2 aromatic carbocycles. The van der Waals surface area contributed by atoms with E-state index in [-0.39, 0.29) is 5.56 Å². The summed E-state index contributed by atoms with van der Waals surface area (Å²) in [6.45, 7) is 1.16. The zero-order valence-electron chi connectivity index (χ0n) is 9.41. The van der Waals surface area contributed by atoms with Gasteiger partial charge in [-0.1, -0.05) is 17.7 Å². The van der Waals surface area contributed by atoms with Crippen LogP contribution in [-0.2, 0) is 6.67 Å². The molecule has 0 aliphatic rings. The second kappa shape index (κ2) is 4.95. The molecule has 3 heteroatoms. The summed E-state index contributed by atoms with van der Waals surface area (Å²) in [7, 11) is 0. The number of aryl methyl sites for hydroxylation is 1. The van der Waals surface area contributed by atoms with Gasteiger partial charge in [0, 0.05) is 11.6 Å². The van der Waals surface area contributed by atoms with Gasteiger partial charge >= 0.3 is 0 Å². The van der Waals surface area contributed by atoms with Gasteiger partial charge in [0.15, 0.2) is 0 Å². The fourth-order valence-corrected chi connectivity index (χ4v) is 1.44. The second-order valence-corrected chi connectivity index (χ2v) is 3.80. The van der Waals surface area contributed by atoms with Gasteiger partial charge in [0.25, 0.3) is 0 Å². The molecule has 0 saturated heterocycles. The summed E-state index contributed by atoms with van der Waals surface area (Å²) < 4.78 is 31.1. The summed E-state index contributed by atoms with van der Waals surface area (Å²) in [5.74, 6) is 0.406. The lowest BCUT2D eigenvalue weighted by molar-refractivity contribution is 0.452. The molecule has 0 spiro atoms. The molecule has 0 heterocycles. The van der Waals surface area contributed by atoms with E-state index in [1.165, 1.54) is 12.1 Å². The first-order chi connectivity index (χ1) is 8.19. The molecule has 2 aromatic rings. The third-order valence-electron chi connectivity index (χ3n) is 2.43. The smallest absolute Gasteiger partial charge is 0.132 e. The molecule has 0 saturated carbocycles. The van der Waals surface area contributed by atoms with Crippen LogP contribution < -0.4 is 4.74 Å². The highest BCUT2D eigenvalue weighted by Gasteiger charge is 2.04. The Kier molecular flexibility index (Phi) is 3.38. The fraction of sp³-hybridized carbons (Fsp3) is 0.143. The third kappa shape index (κ3) is 2.81. The Morgan fingerprint density at radius 3 is 2.24 bits per heavy atom. The van der Waals surface area contributed by atoms with Crippen molar-refractivity contribution in [2.45, 2.75) is 13.6 Å². The van der Waals surface area contributed by atoms with Crippen molar-refractivity contribution in [3.05, 3.63) is 59.4 Å².